The fraction of sp³-hybridized carbons (Fsp3) is 0.533. The first kappa shape index (κ1) is 13.1. The molecule has 0 radical (unpaired) electrons. The first-order valence-electron chi connectivity index (χ1n) is 6.62. The predicted molar refractivity (Wildman–Crippen MR) is 71.5 cm³/mol. The summed E-state index contributed by atoms with van der Waals surface area (Å²) in [4.78, 5) is 14.0. The van der Waals surface area contributed by atoms with Crippen molar-refractivity contribution in [1.29, 1.82) is 0 Å². The Bertz CT molecular complexity index is 428. The number of hydrogen-bond acceptors (Lipinski definition) is 2. The highest BCUT2D eigenvalue weighted by Gasteiger charge is 2.25. The third-order valence-corrected chi connectivity index (χ3v) is 3.27. The maximum atomic E-state index is 12.2. The third kappa shape index (κ3) is 3.10. The van der Waals surface area contributed by atoms with E-state index in [0.717, 1.165) is 12.0 Å². The van der Waals surface area contributed by atoms with Crippen LogP contribution in [-0.4, -0.2) is 35.1 Å². The van der Waals surface area contributed by atoms with Crippen molar-refractivity contribution in [3.8, 4) is 0 Å². The van der Waals surface area contributed by atoms with E-state index in [1.54, 1.807) is 4.90 Å². The van der Waals surface area contributed by atoms with Gasteiger partial charge in [0.1, 0.15) is 0 Å². The van der Waals surface area contributed by atoms with Crippen molar-refractivity contribution in [2.75, 3.05) is 13.1 Å². The Morgan fingerprint density at radius 2 is 2.28 bits per heavy atom. The molecule has 1 aromatic carbocycles. The highest BCUT2D eigenvalue weighted by molar-refractivity contribution is 5.94. The van der Waals surface area contributed by atoms with Crippen LogP contribution in [0.1, 0.15) is 36.2 Å². The van der Waals surface area contributed by atoms with Crippen molar-refractivity contribution in [3.05, 3.63) is 35.4 Å². The van der Waals surface area contributed by atoms with Crippen LogP contribution in [0.15, 0.2) is 24.3 Å². The zero-order valence-electron chi connectivity index (χ0n) is 11.1. The second-order valence-electron chi connectivity index (χ2n) is 5.49. The van der Waals surface area contributed by atoms with Crippen molar-refractivity contribution in [2.24, 2.45) is 5.92 Å². The van der Waals surface area contributed by atoms with Gasteiger partial charge < -0.3 is 10.0 Å². The average Bonchev–Trinajstić information content (AvgIpc) is 2.74. The van der Waals surface area contributed by atoms with Gasteiger partial charge in [-0.05, 0) is 36.5 Å². The molecule has 1 amide bonds. The van der Waals surface area contributed by atoms with Crippen LogP contribution in [0.4, 0.5) is 0 Å². The molecule has 0 spiro atoms. The molecule has 1 aromatic rings. The van der Waals surface area contributed by atoms with E-state index < -0.39 is 0 Å². The summed E-state index contributed by atoms with van der Waals surface area (Å²) in [6.45, 7) is 5.47. The maximum absolute atomic E-state index is 12.2. The minimum Gasteiger partial charge on any atom is -0.391 e. The lowest BCUT2D eigenvalue weighted by Crippen LogP contribution is -2.29. The number of carbonyl (C=O) groups excluding carboxylic acids is 1. The monoisotopic (exact) mass is 247 g/mol. The topological polar surface area (TPSA) is 40.5 Å². The van der Waals surface area contributed by atoms with E-state index in [-0.39, 0.29) is 12.0 Å². The molecule has 0 bridgehead atoms. The van der Waals surface area contributed by atoms with Gasteiger partial charge in [-0.1, -0.05) is 26.0 Å². The number of β-amino-alcohol motifs (C(OH)–C–C–N with tert-alkyl or cyclic N) is 1. The molecule has 0 unspecified atom stereocenters. The molecule has 98 valence electrons. The van der Waals surface area contributed by atoms with Crippen molar-refractivity contribution in [3.63, 3.8) is 0 Å². The Hall–Kier alpha value is -1.35. The second kappa shape index (κ2) is 5.53. The summed E-state index contributed by atoms with van der Waals surface area (Å²) in [5, 5.41) is 9.48. The Balaban J connectivity index is 2.10. The van der Waals surface area contributed by atoms with Crippen LogP contribution in [0, 0.1) is 5.92 Å². The second-order valence-corrected chi connectivity index (χ2v) is 5.49. The summed E-state index contributed by atoms with van der Waals surface area (Å²) < 4.78 is 0. The standard InChI is InChI=1S/C15H21NO2/c1-11(2)8-12-4-3-5-13(9-12)15(18)16-7-6-14(17)10-16/h3-5,9,11,14,17H,6-8,10H2,1-2H3/t14-/m1/s1. The van der Waals surface area contributed by atoms with E-state index in [0.29, 0.717) is 25.4 Å². The van der Waals surface area contributed by atoms with Gasteiger partial charge in [-0.2, -0.15) is 0 Å². The fourth-order valence-electron chi connectivity index (χ4n) is 2.41. The molecule has 0 aliphatic carbocycles. The molecule has 3 nitrogen and oxygen atoms in total. The number of amides is 1. The Morgan fingerprint density at radius 3 is 2.89 bits per heavy atom. The molecule has 0 saturated carbocycles. The largest absolute Gasteiger partial charge is 0.391 e. The first-order chi connectivity index (χ1) is 8.56. The number of benzene rings is 1. The van der Waals surface area contributed by atoms with E-state index in [2.05, 4.69) is 19.9 Å². The molecule has 1 heterocycles. The average molecular weight is 247 g/mol. The van der Waals surface area contributed by atoms with Gasteiger partial charge >= 0.3 is 0 Å². The summed E-state index contributed by atoms with van der Waals surface area (Å²) in [6, 6.07) is 7.84. The van der Waals surface area contributed by atoms with Crippen LogP contribution in [-0.2, 0) is 6.42 Å². The zero-order chi connectivity index (χ0) is 13.1. The normalized spacial score (nSPS) is 19.6. The summed E-state index contributed by atoms with van der Waals surface area (Å²) in [6.07, 6.45) is 1.33. The quantitative estimate of drug-likeness (QED) is 0.888. The van der Waals surface area contributed by atoms with Gasteiger partial charge in [0.2, 0.25) is 0 Å². The number of aliphatic hydroxyl groups is 1. The lowest BCUT2D eigenvalue weighted by atomic mass is 10.0. The number of likely N-dealkylation sites (tertiary alicyclic amines) is 1. The van der Waals surface area contributed by atoms with Gasteiger partial charge in [-0.15, -0.1) is 0 Å². The first-order valence-corrected chi connectivity index (χ1v) is 6.62. The fourth-order valence-corrected chi connectivity index (χ4v) is 2.41. The molecule has 18 heavy (non-hydrogen) atoms. The van der Waals surface area contributed by atoms with Crippen LogP contribution >= 0.6 is 0 Å². The number of rotatable bonds is 3. The van der Waals surface area contributed by atoms with Crippen LogP contribution < -0.4 is 0 Å². The molecule has 2 rings (SSSR count). The van der Waals surface area contributed by atoms with E-state index in [1.165, 1.54) is 5.56 Å². The smallest absolute Gasteiger partial charge is 0.253 e. The number of carbonyl (C=O) groups is 1. The van der Waals surface area contributed by atoms with Gasteiger partial charge in [0.25, 0.3) is 5.91 Å². The van der Waals surface area contributed by atoms with Gasteiger partial charge in [-0.25, -0.2) is 0 Å². The molecule has 1 aliphatic rings. The van der Waals surface area contributed by atoms with E-state index in [1.807, 2.05) is 18.2 Å². The highest BCUT2D eigenvalue weighted by Crippen LogP contribution is 2.16. The maximum Gasteiger partial charge on any atom is 0.253 e. The lowest BCUT2D eigenvalue weighted by Gasteiger charge is -2.16. The highest BCUT2D eigenvalue weighted by atomic mass is 16.3. The summed E-state index contributed by atoms with van der Waals surface area (Å²) >= 11 is 0. The molecule has 1 N–H and O–H groups in total. The predicted octanol–water partition coefficient (Wildman–Crippen LogP) is 2.09. The van der Waals surface area contributed by atoms with Gasteiger partial charge in [-0.3, -0.25) is 4.79 Å². The van der Waals surface area contributed by atoms with Crippen molar-refractivity contribution in [2.45, 2.75) is 32.8 Å². The third-order valence-electron chi connectivity index (χ3n) is 3.27. The number of aliphatic hydroxyl groups excluding tert-OH is 1. The minimum atomic E-state index is -0.354. The van der Waals surface area contributed by atoms with Gasteiger partial charge in [0.15, 0.2) is 0 Å². The molecule has 1 atom stereocenters. The van der Waals surface area contributed by atoms with E-state index in [9.17, 15) is 9.90 Å². The Labute approximate surface area is 108 Å². The summed E-state index contributed by atoms with van der Waals surface area (Å²) in [7, 11) is 0. The zero-order valence-corrected chi connectivity index (χ0v) is 11.1. The lowest BCUT2D eigenvalue weighted by molar-refractivity contribution is 0.0765. The number of nitrogens with zero attached hydrogens (tertiary/aromatic N) is 1. The number of hydrogen-bond donors (Lipinski definition) is 1. The van der Waals surface area contributed by atoms with Gasteiger partial charge in [0, 0.05) is 18.7 Å². The van der Waals surface area contributed by atoms with Crippen molar-refractivity contribution in [1.82, 2.24) is 4.90 Å². The van der Waals surface area contributed by atoms with Crippen LogP contribution in [0.25, 0.3) is 0 Å². The molecule has 1 aliphatic heterocycles. The van der Waals surface area contributed by atoms with E-state index >= 15 is 0 Å². The van der Waals surface area contributed by atoms with Crippen molar-refractivity contribution >= 4 is 5.91 Å². The van der Waals surface area contributed by atoms with Gasteiger partial charge in [0.05, 0.1) is 6.10 Å². The SMILES string of the molecule is CC(C)Cc1cccc(C(=O)N2CC[C@@H](O)C2)c1. The molecular weight excluding hydrogens is 226 g/mol. The molecular formula is C15H21NO2. The minimum absolute atomic E-state index is 0.0390. The molecule has 1 fully saturated rings. The van der Waals surface area contributed by atoms with E-state index in [4.69, 9.17) is 0 Å². The van der Waals surface area contributed by atoms with Crippen LogP contribution in [0.2, 0.25) is 0 Å². The van der Waals surface area contributed by atoms with Crippen molar-refractivity contribution < 1.29 is 9.90 Å². The molecule has 0 aromatic heterocycles. The van der Waals surface area contributed by atoms with Crippen LogP contribution in [0.5, 0.6) is 0 Å². The summed E-state index contributed by atoms with van der Waals surface area (Å²) in [5.41, 5.74) is 1.94. The Morgan fingerprint density at radius 1 is 1.50 bits per heavy atom. The Kier molecular flexibility index (Phi) is 4.02. The molecule has 1 saturated heterocycles. The van der Waals surface area contributed by atoms with Crippen LogP contribution in [0.3, 0.4) is 0 Å². The molecule has 3 heteroatoms. The summed E-state index contributed by atoms with van der Waals surface area (Å²) in [5.74, 6) is 0.626.